The van der Waals surface area contributed by atoms with Crippen LogP contribution in [0.5, 0.6) is 0 Å². The summed E-state index contributed by atoms with van der Waals surface area (Å²) >= 11 is 1.24. The number of amides is 1. The van der Waals surface area contributed by atoms with E-state index in [0.717, 1.165) is 44.6 Å². The maximum Gasteiger partial charge on any atom is 0.416 e. The van der Waals surface area contributed by atoms with Crippen molar-refractivity contribution in [3.8, 4) is 0 Å². The van der Waals surface area contributed by atoms with Crippen molar-refractivity contribution in [1.82, 2.24) is 10.2 Å². The Morgan fingerprint density at radius 3 is 2.52 bits per heavy atom. The van der Waals surface area contributed by atoms with Gasteiger partial charge in [0.05, 0.1) is 10.4 Å². The number of hydrogen-bond donors (Lipinski definition) is 1. The van der Waals surface area contributed by atoms with Gasteiger partial charge < -0.3 is 10.2 Å². The number of nitrogens with zero attached hydrogens (tertiary/aromatic N) is 1. The number of nitrogens with one attached hydrogen (secondary N) is 1. The van der Waals surface area contributed by atoms with Crippen LogP contribution in [0.2, 0.25) is 0 Å². The van der Waals surface area contributed by atoms with Gasteiger partial charge in [-0.05, 0) is 61.5 Å². The van der Waals surface area contributed by atoms with Gasteiger partial charge in [0.15, 0.2) is 0 Å². The second kappa shape index (κ2) is 6.78. The second-order valence-electron chi connectivity index (χ2n) is 6.58. The van der Waals surface area contributed by atoms with Crippen molar-refractivity contribution in [1.29, 1.82) is 0 Å². The van der Waals surface area contributed by atoms with Gasteiger partial charge in [-0.3, -0.25) is 4.79 Å². The normalized spacial score (nSPS) is 25.6. The van der Waals surface area contributed by atoms with Crippen molar-refractivity contribution in [3.05, 3.63) is 34.7 Å². The minimum absolute atomic E-state index is 0. The van der Waals surface area contributed by atoms with Crippen LogP contribution in [0, 0.1) is 5.92 Å². The Morgan fingerprint density at radius 2 is 1.92 bits per heavy atom. The van der Waals surface area contributed by atoms with Crippen LogP contribution in [-0.2, 0) is 6.18 Å². The fraction of sp³-hybridized carbons (Fsp3) is 0.471. The Bertz CT molecular complexity index is 784. The third-order valence-electron chi connectivity index (χ3n) is 5.04. The molecule has 0 radical (unpaired) electrons. The molecule has 136 valence electrons. The molecule has 1 atom stereocenters. The van der Waals surface area contributed by atoms with E-state index in [1.54, 1.807) is 6.07 Å². The molecule has 2 bridgehead atoms. The maximum atomic E-state index is 12.8. The Balaban J connectivity index is 0.00000182. The van der Waals surface area contributed by atoms with Crippen molar-refractivity contribution in [2.24, 2.45) is 5.92 Å². The van der Waals surface area contributed by atoms with Crippen molar-refractivity contribution in [3.63, 3.8) is 0 Å². The predicted molar refractivity (Wildman–Crippen MR) is 94.5 cm³/mol. The molecule has 8 heteroatoms. The van der Waals surface area contributed by atoms with Crippen molar-refractivity contribution in [2.75, 3.05) is 19.6 Å². The summed E-state index contributed by atoms with van der Waals surface area (Å²) in [6.45, 7) is 3.07. The Labute approximate surface area is 153 Å². The van der Waals surface area contributed by atoms with Gasteiger partial charge in [0, 0.05) is 17.3 Å². The van der Waals surface area contributed by atoms with Crippen LogP contribution in [0.15, 0.2) is 24.3 Å². The summed E-state index contributed by atoms with van der Waals surface area (Å²) < 4.78 is 39.1. The van der Waals surface area contributed by atoms with E-state index >= 15 is 0 Å². The summed E-state index contributed by atoms with van der Waals surface area (Å²) in [5, 5.41) is 3.55. The van der Waals surface area contributed by atoms with E-state index in [9.17, 15) is 18.0 Å². The summed E-state index contributed by atoms with van der Waals surface area (Å²) in [6.07, 6.45) is -2.16. The molecule has 3 saturated heterocycles. The third kappa shape index (κ3) is 3.64. The molecule has 3 fully saturated rings. The average Bonchev–Trinajstić information content (AvgIpc) is 2.98. The van der Waals surface area contributed by atoms with Gasteiger partial charge >= 0.3 is 6.18 Å². The number of halogens is 4. The van der Waals surface area contributed by atoms with Gasteiger partial charge in [-0.2, -0.15) is 13.2 Å². The van der Waals surface area contributed by atoms with Crippen LogP contribution in [0.25, 0.3) is 10.1 Å². The molecule has 3 aliphatic heterocycles. The number of carbonyl (C=O) groups excluding carboxylic acids is 1. The lowest BCUT2D eigenvalue weighted by Gasteiger charge is -2.44. The fourth-order valence-electron chi connectivity index (χ4n) is 3.70. The van der Waals surface area contributed by atoms with E-state index in [-0.39, 0.29) is 24.4 Å². The summed E-state index contributed by atoms with van der Waals surface area (Å²) in [4.78, 5) is 15.3. The van der Waals surface area contributed by atoms with E-state index in [0.29, 0.717) is 20.9 Å². The number of hydrogen-bond acceptors (Lipinski definition) is 3. The first-order valence-electron chi connectivity index (χ1n) is 8.04. The first kappa shape index (κ1) is 18.5. The number of thiophene rings is 1. The molecule has 25 heavy (non-hydrogen) atoms. The van der Waals surface area contributed by atoms with Crippen LogP contribution in [0.4, 0.5) is 13.2 Å². The molecule has 3 nitrogen and oxygen atoms in total. The lowest BCUT2D eigenvalue weighted by molar-refractivity contribution is -0.137. The molecule has 0 unspecified atom stereocenters. The number of rotatable bonds is 2. The molecular formula is C17H18ClF3N2OS. The van der Waals surface area contributed by atoms with Gasteiger partial charge in [-0.15, -0.1) is 23.7 Å². The van der Waals surface area contributed by atoms with Crippen LogP contribution < -0.4 is 5.32 Å². The third-order valence-corrected chi connectivity index (χ3v) is 6.15. The molecule has 1 aromatic heterocycles. The highest BCUT2D eigenvalue weighted by Gasteiger charge is 2.35. The summed E-state index contributed by atoms with van der Waals surface area (Å²) in [7, 11) is 0. The Hall–Kier alpha value is -1.31. The Kier molecular flexibility index (Phi) is 5.01. The maximum absolute atomic E-state index is 12.8. The van der Waals surface area contributed by atoms with Crippen LogP contribution in [0.1, 0.15) is 28.1 Å². The molecule has 1 N–H and O–H groups in total. The van der Waals surface area contributed by atoms with Gasteiger partial charge in [-0.1, -0.05) is 0 Å². The quantitative estimate of drug-likeness (QED) is 0.834. The van der Waals surface area contributed by atoms with Crippen LogP contribution in [-0.4, -0.2) is 36.5 Å². The fourth-order valence-corrected chi connectivity index (χ4v) is 4.65. The molecule has 2 aromatic rings. The van der Waals surface area contributed by atoms with Crippen LogP contribution >= 0.6 is 23.7 Å². The first-order valence-corrected chi connectivity index (χ1v) is 8.86. The molecule has 0 spiro atoms. The number of benzene rings is 1. The summed E-state index contributed by atoms with van der Waals surface area (Å²) in [6, 6.07) is 5.32. The predicted octanol–water partition coefficient (Wildman–Crippen LogP) is 4.17. The van der Waals surface area contributed by atoms with E-state index in [1.165, 1.54) is 17.4 Å². The first-order chi connectivity index (χ1) is 11.4. The molecule has 4 heterocycles. The zero-order valence-corrected chi connectivity index (χ0v) is 14.9. The lowest BCUT2D eigenvalue weighted by atomic mass is 9.84. The number of carbonyl (C=O) groups is 1. The lowest BCUT2D eigenvalue weighted by Crippen LogP contribution is -2.57. The van der Waals surface area contributed by atoms with Gasteiger partial charge in [0.2, 0.25) is 0 Å². The van der Waals surface area contributed by atoms with Crippen LogP contribution in [0.3, 0.4) is 0 Å². The zero-order valence-electron chi connectivity index (χ0n) is 13.3. The number of fused-ring (bicyclic) bond motifs is 4. The molecule has 0 saturated carbocycles. The molecule has 0 aliphatic carbocycles. The van der Waals surface area contributed by atoms with Crippen molar-refractivity contribution < 1.29 is 18.0 Å². The summed E-state index contributed by atoms with van der Waals surface area (Å²) in [5.41, 5.74) is -0.683. The van der Waals surface area contributed by atoms with Gasteiger partial charge in [0.25, 0.3) is 5.91 Å². The second-order valence-corrected chi connectivity index (χ2v) is 7.66. The summed E-state index contributed by atoms with van der Waals surface area (Å²) in [5.74, 6) is 0.341. The molecule has 5 rings (SSSR count). The number of alkyl halides is 3. The minimum Gasteiger partial charge on any atom is -0.347 e. The highest BCUT2D eigenvalue weighted by atomic mass is 35.5. The standard InChI is InChI=1S/C17H17F3N2OS.ClH/c18-17(19,20)12-1-2-14-11(7-12)8-15(24-14)16(23)21-13-9-22-5-3-10(13)4-6-22;/h1-2,7-8,10,13H,3-6,9H2,(H,21,23);1H/t13-;/m0./s1. The Morgan fingerprint density at radius 1 is 1.20 bits per heavy atom. The molecule has 3 aliphatic rings. The van der Waals surface area contributed by atoms with Crippen molar-refractivity contribution >= 4 is 39.7 Å². The molecular weight excluding hydrogens is 373 g/mol. The van der Waals surface area contributed by atoms with Crippen molar-refractivity contribution in [2.45, 2.75) is 25.1 Å². The van der Waals surface area contributed by atoms with Gasteiger partial charge in [0.1, 0.15) is 0 Å². The molecule has 1 aromatic carbocycles. The van der Waals surface area contributed by atoms with E-state index in [2.05, 4.69) is 10.2 Å². The zero-order chi connectivity index (χ0) is 16.9. The topological polar surface area (TPSA) is 32.3 Å². The minimum atomic E-state index is -4.37. The average molecular weight is 391 g/mol. The highest BCUT2D eigenvalue weighted by Crippen LogP contribution is 2.34. The monoisotopic (exact) mass is 390 g/mol. The van der Waals surface area contributed by atoms with E-state index < -0.39 is 11.7 Å². The van der Waals surface area contributed by atoms with Gasteiger partial charge in [-0.25, -0.2) is 0 Å². The van der Waals surface area contributed by atoms with E-state index in [1.807, 2.05) is 0 Å². The number of piperidine rings is 3. The largest absolute Gasteiger partial charge is 0.416 e. The van der Waals surface area contributed by atoms with E-state index in [4.69, 9.17) is 0 Å². The SMILES string of the molecule is Cl.O=C(N[C@H]1CN2CCC1CC2)c1cc2cc(C(F)(F)F)ccc2s1. The molecule has 1 amide bonds. The smallest absolute Gasteiger partial charge is 0.347 e. The highest BCUT2D eigenvalue weighted by molar-refractivity contribution is 7.20.